The number of benzene rings is 2. The van der Waals surface area contributed by atoms with E-state index in [9.17, 15) is 18.4 Å². The zero-order chi connectivity index (χ0) is 21.6. The number of hydrogen-bond donors (Lipinski definition) is 2. The highest BCUT2D eigenvalue weighted by atomic mass is 19.1. The summed E-state index contributed by atoms with van der Waals surface area (Å²) in [5.41, 5.74) is 0.911. The first-order valence-corrected chi connectivity index (χ1v) is 9.69. The Morgan fingerprint density at radius 1 is 0.966 bits per heavy atom. The monoisotopic (exact) mass is 403 g/mol. The Hall–Kier alpha value is -2.96. The molecule has 0 spiro atoms. The molecule has 0 radical (unpaired) electrons. The lowest BCUT2D eigenvalue weighted by Gasteiger charge is -2.23. The molecule has 156 valence electrons. The second-order valence-corrected chi connectivity index (χ2v) is 7.00. The van der Waals surface area contributed by atoms with Crippen molar-refractivity contribution in [3.8, 4) is 0 Å². The van der Waals surface area contributed by atoms with Crippen LogP contribution in [-0.4, -0.2) is 30.9 Å². The molecule has 5 nitrogen and oxygen atoms in total. The van der Waals surface area contributed by atoms with E-state index >= 15 is 0 Å². The van der Waals surface area contributed by atoms with Gasteiger partial charge in [-0.3, -0.25) is 9.59 Å². The number of carbonyl (C=O) groups excluding carboxylic acids is 2. The highest BCUT2D eigenvalue weighted by molar-refractivity contribution is 6.01. The summed E-state index contributed by atoms with van der Waals surface area (Å²) in [6, 6.07) is 9.59. The Morgan fingerprint density at radius 3 is 2.00 bits per heavy atom. The molecule has 0 aromatic heterocycles. The minimum Gasteiger partial charge on any atom is -0.372 e. The fraction of sp³-hybridized carbons (Fsp3) is 0.364. The SMILES string of the molecule is CCN(CC)c1ccc(NC(=O)C(NC(=O)c2c(F)cccc2F)C(C)C)cc1. The summed E-state index contributed by atoms with van der Waals surface area (Å²) in [6.45, 7) is 9.35. The molecule has 0 aliphatic carbocycles. The highest BCUT2D eigenvalue weighted by Gasteiger charge is 2.27. The van der Waals surface area contributed by atoms with Crippen molar-refractivity contribution in [2.24, 2.45) is 5.92 Å². The molecule has 29 heavy (non-hydrogen) atoms. The van der Waals surface area contributed by atoms with E-state index in [-0.39, 0.29) is 5.92 Å². The third-order valence-electron chi connectivity index (χ3n) is 4.69. The van der Waals surface area contributed by atoms with Crippen LogP contribution in [0.25, 0.3) is 0 Å². The molecule has 0 saturated carbocycles. The van der Waals surface area contributed by atoms with Crippen molar-refractivity contribution in [2.75, 3.05) is 23.3 Å². The average molecular weight is 403 g/mol. The molecule has 0 aliphatic heterocycles. The second-order valence-electron chi connectivity index (χ2n) is 7.00. The predicted molar refractivity (Wildman–Crippen MR) is 111 cm³/mol. The predicted octanol–water partition coefficient (Wildman–Crippen LogP) is 4.20. The van der Waals surface area contributed by atoms with E-state index in [1.165, 1.54) is 6.07 Å². The molecule has 2 aromatic rings. The van der Waals surface area contributed by atoms with Gasteiger partial charge in [-0.1, -0.05) is 19.9 Å². The van der Waals surface area contributed by atoms with Crippen molar-refractivity contribution in [3.63, 3.8) is 0 Å². The second kappa shape index (κ2) is 10.0. The van der Waals surface area contributed by atoms with E-state index in [2.05, 4.69) is 29.4 Å². The van der Waals surface area contributed by atoms with Gasteiger partial charge in [0, 0.05) is 24.5 Å². The molecule has 0 heterocycles. The summed E-state index contributed by atoms with van der Waals surface area (Å²) in [5.74, 6) is -3.66. The molecule has 0 fully saturated rings. The lowest BCUT2D eigenvalue weighted by molar-refractivity contribution is -0.118. The van der Waals surface area contributed by atoms with Crippen molar-refractivity contribution in [1.82, 2.24) is 5.32 Å². The van der Waals surface area contributed by atoms with Crippen molar-refractivity contribution in [2.45, 2.75) is 33.7 Å². The first kappa shape index (κ1) is 22.3. The maximum atomic E-state index is 13.9. The van der Waals surface area contributed by atoms with Crippen LogP contribution >= 0.6 is 0 Å². The summed E-state index contributed by atoms with van der Waals surface area (Å²) in [6.07, 6.45) is 0. The molecule has 0 aliphatic rings. The normalized spacial score (nSPS) is 11.8. The number of hydrogen-bond acceptors (Lipinski definition) is 3. The van der Waals surface area contributed by atoms with E-state index in [1.54, 1.807) is 26.0 Å². The van der Waals surface area contributed by atoms with Gasteiger partial charge in [-0.25, -0.2) is 8.78 Å². The molecule has 0 bridgehead atoms. The van der Waals surface area contributed by atoms with Crippen LogP contribution in [0.15, 0.2) is 42.5 Å². The molecular weight excluding hydrogens is 376 g/mol. The molecular formula is C22H27F2N3O2. The first-order valence-electron chi connectivity index (χ1n) is 9.69. The summed E-state index contributed by atoms with van der Waals surface area (Å²) in [4.78, 5) is 27.2. The van der Waals surface area contributed by atoms with Crippen LogP contribution in [0.2, 0.25) is 0 Å². The van der Waals surface area contributed by atoms with Gasteiger partial charge in [0.05, 0.1) is 0 Å². The van der Waals surface area contributed by atoms with Crippen LogP contribution in [-0.2, 0) is 4.79 Å². The molecule has 2 N–H and O–H groups in total. The van der Waals surface area contributed by atoms with Gasteiger partial charge in [-0.15, -0.1) is 0 Å². The minimum atomic E-state index is -0.975. The van der Waals surface area contributed by atoms with Crippen LogP contribution < -0.4 is 15.5 Å². The molecule has 1 unspecified atom stereocenters. The van der Waals surface area contributed by atoms with Gasteiger partial charge in [0.15, 0.2) is 0 Å². The number of amides is 2. The Morgan fingerprint density at radius 2 is 1.52 bits per heavy atom. The van der Waals surface area contributed by atoms with Crippen LogP contribution in [0, 0.1) is 17.6 Å². The van der Waals surface area contributed by atoms with E-state index in [1.807, 2.05) is 12.1 Å². The zero-order valence-corrected chi connectivity index (χ0v) is 17.1. The van der Waals surface area contributed by atoms with E-state index in [0.717, 1.165) is 30.9 Å². The highest BCUT2D eigenvalue weighted by Crippen LogP contribution is 2.19. The molecule has 2 amide bonds. The fourth-order valence-electron chi connectivity index (χ4n) is 3.03. The van der Waals surface area contributed by atoms with Crippen LogP contribution in [0.3, 0.4) is 0 Å². The number of rotatable bonds is 8. The van der Waals surface area contributed by atoms with E-state index in [4.69, 9.17) is 0 Å². The number of carbonyl (C=O) groups is 2. The van der Waals surface area contributed by atoms with Gasteiger partial charge in [0.1, 0.15) is 23.2 Å². The summed E-state index contributed by atoms with van der Waals surface area (Å²) >= 11 is 0. The van der Waals surface area contributed by atoms with Crippen molar-refractivity contribution >= 4 is 23.2 Å². The van der Waals surface area contributed by atoms with E-state index in [0.29, 0.717) is 5.69 Å². The zero-order valence-electron chi connectivity index (χ0n) is 17.1. The van der Waals surface area contributed by atoms with Crippen LogP contribution in [0.1, 0.15) is 38.1 Å². The topological polar surface area (TPSA) is 61.4 Å². The molecule has 1 atom stereocenters. The van der Waals surface area contributed by atoms with Crippen molar-refractivity contribution in [1.29, 1.82) is 0 Å². The number of nitrogens with one attached hydrogen (secondary N) is 2. The van der Waals surface area contributed by atoms with Gasteiger partial charge in [-0.2, -0.15) is 0 Å². The minimum absolute atomic E-state index is 0.288. The van der Waals surface area contributed by atoms with Crippen molar-refractivity contribution in [3.05, 3.63) is 59.7 Å². The first-order chi connectivity index (χ1) is 13.8. The van der Waals surface area contributed by atoms with Gasteiger partial charge >= 0.3 is 0 Å². The Labute approximate surface area is 170 Å². The Balaban J connectivity index is 2.12. The smallest absolute Gasteiger partial charge is 0.257 e. The average Bonchev–Trinajstić information content (AvgIpc) is 2.68. The van der Waals surface area contributed by atoms with Gasteiger partial charge < -0.3 is 15.5 Å². The molecule has 7 heteroatoms. The summed E-state index contributed by atoms with van der Waals surface area (Å²) < 4.78 is 27.7. The lowest BCUT2D eigenvalue weighted by atomic mass is 10.0. The standard InChI is InChI=1S/C22H27F2N3O2/c1-5-27(6-2)16-12-10-15(11-13-16)25-22(29)20(14(3)4)26-21(28)19-17(23)8-7-9-18(19)24/h7-14,20H,5-6H2,1-4H3,(H,25,29)(H,26,28). The third kappa shape index (κ3) is 5.53. The Bertz CT molecular complexity index is 829. The van der Waals surface area contributed by atoms with Gasteiger partial charge in [0.2, 0.25) is 5.91 Å². The molecule has 2 aromatic carbocycles. The maximum absolute atomic E-state index is 13.9. The van der Waals surface area contributed by atoms with Gasteiger partial charge in [0.25, 0.3) is 5.91 Å². The largest absolute Gasteiger partial charge is 0.372 e. The Kier molecular flexibility index (Phi) is 7.70. The summed E-state index contributed by atoms with van der Waals surface area (Å²) in [5, 5.41) is 5.20. The fourth-order valence-corrected chi connectivity index (χ4v) is 3.03. The quantitative estimate of drug-likeness (QED) is 0.694. The summed E-state index contributed by atoms with van der Waals surface area (Å²) in [7, 11) is 0. The lowest BCUT2D eigenvalue weighted by Crippen LogP contribution is -2.47. The van der Waals surface area contributed by atoms with Gasteiger partial charge in [-0.05, 0) is 56.2 Å². The molecule has 2 rings (SSSR count). The third-order valence-corrected chi connectivity index (χ3v) is 4.69. The van der Waals surface area contributed by atoms with Crippen molar-refractivity contribution < 1.29 is 18.4 Å². The van der Waals surface area contributed by atoms with E-state index < -0.39 is 35.1 Å². The van der Waals surface area contributed by atoms with Crippen LogP contribution in [0.4, 0.5) is 20.2 Å². The number of halogens is 2. The maximum Gasteiger partial charge on any atom is 0.257 e. The number of nitrogens with zero attached hydrogens (tertiary/aromatic N) is 1. The number of anilines is 2. The molecule has 0 saturated heterocycles. The van der Waals surface area contributed by atoms with Crippen LogP contribution in [0.5, 0.6) is 0 Å².